The molecule has 23 heavy (non-hydrogen) atoms. The second-order valence-electron chi connectivity index (χ2n) is 6.68. The molecule has 128 valence electrons. The fraction of sp³-hybridized carbons (Fsp3) is 0.714. The number of carbonyl (C=O) groups excluding carboxylic acids is 2. The van der Waals surface area contributed by atoms with Crippen LogP contribution in [0, 0.1) is 17.3 Å². The first kappa shape index (κ1) is 19.7. The molecular formula is C21H32O2. The van der Waals surface area contributed by atoms with Gasteiger partial charge in [-0.2, -0.15) is 0 Å². The van der Waals surface area contributed by atoms with Crippen molar-refractivity contribution in [1.29, 1.82) is 0 Å². The van der Waals surface area contributed by atoms with Crippen molar-refractivity contribution >= 4 is 11.6 Å². The van der Waals surface area contributed by atoms with Crippen molar-refractivity contribution in [3.8, 4) is 11.8 Å². The summed E-state index contributed by atoms with van der Waals surface area (Å²) in [7, 11) is 0. The largest absolute Gasteiger partial charge is 0.299 e. The Kier molecular flexibility index (Phi) is 9.60. The third-order valence-electron chi connectivity index (χ3n) is 4.79. The first-order chi connectivity index (χ1) is 11.2. The van der Waals surface area contributed by atoms with Crippen LogP contribution in [0.15, 0.2) is 12.7 Å². The highest BCUT2D eigenvalue weighted by atomic mass is 16.2. The molecular weight excluding hydrogens is 284 g/mol. The van der Waals surface area contributed by atoms with E-state index in [0.717, 1.165) is 12.8 Å². The summed E-state index contributed by atoms with van der Waals surface area (Å²) in [5.74, 6) is 6.42. The molecule has 1 fully saturated rings. The van der Waals surface area contributed by atoms with Crippen molar-refractivity contribution in [2.75, 3.05) is 0 Å². The van der Waals surface area contributed by atoms with Crippen molar-refractivity contribution in [3.05, 3.63) is 12.7 Å². The van der Waals surface area contributed by atoms with Crippen LogP contribution in [0.3, 0.4) is 0 Å². The molecule has 1 saturated carbocycles. The van der Waals surface area contributed by atoms with Gasteiger partial charge in [-0.05, 0) is 19.3 Å². The van der Waals surface area contributed by atoms with Crippen LogP contribution in [0.5, 0.6) is 0 Å². The van der Waals surface area contributed by atoms with Crippen LogP contribution in [0.2, 0.25) is 0 Å². The summed E-state index contributed by atoms with van der Waals surface area (Å²) < 4.78 is 0. The molecule has 0 unspecified atom stereocenters. The third-order valence-corrected chi connectivity index (χ3v) is 4.79. The van der Waals surface area contributed by atoms with Gasteiger partial charge in [0.1, 0.15) is 17.0 Å². The van der Waals surface area contributed by atoms with Crippen LogP contribution < -0.4 is 0 Å². The second kappa shape index (κ2) is 11.2. The van der Waals surface area contributed by atoms with Crippen molar-refractivity contribution in [2.45, 2.75) is 90.4 Å². The normalized spacial score (nSPS) is 16.7. The van der Waals surface area contributed by atoms with Crippen LogP contribution >= 0.6 is 0 Å². The minimum atomic E-state index is -0.882. The van der Waals surface area contributed by atoms with Crippen molar-refractivity contribution < 1.29 is 9.59 Å². The van der Waals surface area contributed by atoms with Crippen LogP contribution in [-0.2, 0) is 9.59 Å². The second-order valence-corrected chi connectivity index (χ2v) is 6.68. The Hall–Kier alpha value is -1.36. The van der Waals surface area contributed by atoms with Gasteiger partial charge in [-0.1, -0.05) is 51.5 Å². The van der Waals surface area contributed by atoms with Gasteiger partial charge in [0.05, 0.1) is 0 Å². The topological polar surface area (TPSA) is 34.1 Å². The first-order valence-corrected chi connectivity index (χ1v) is 9.30. The molecule has 0 amide bonds. The van der Waals surface area contributed by atoms with E-state index in [9.17, 15) is 9.59 Å². The summed E-state index contributed by atoms with van der Waals surface area (Å²) in [6, 6.07) is 0. The number of carbonyl (C=O) groups is 2. The van der Waals surface area contributed by atoms with E-state index in [1.165, 1.54) is 38.5 Å². The average molecular weight is 316 g/mol. The maximum atomic E-state index is 12.3. The number of hydrogen-bond donors (Lipinski definition) is 0. The lowest BCUT2D eigenvalue weighted by Gasteiger charge is -2.31. The Labute approximate surface area is 142 Å². The molecule has 2 heteroatoms. The van der Waals surface area contributed by atoms with E-state index in [-0.39, 0.29) is 11.6 Å². The van der Waals surface area contributed by atoms with Gasteiger partial charge in [0.25, 0.3) is 0 Å². The molecule has 1 aliphatic carbocycles. The average Bonchev–Trinajstić information content (AvgIpc) is 2.54. The highest BCUT2D eigenvalue weighted by Crippen LogP contribution is 2.36. The molecule has 0 atom stereocenters. The van der Waals surface area contributed by atoms with Gasteiger partial charge in [0.2, 0.25) is 0 Å². The summed E-state index contributed by atoms with van der Waals surface area (Å²) in [6.07, 6.45) is 14.1. The van der Waals surface area contributed by atoms with Crippen LogP contribution in [-0.4, -0.2) is 11.6 Å². The lowest BCUT2D eigenvalue weighted by Crippen LogP contribution is -2.41. The maximum absolute atomic E-state index is 12.3. The fourth-order valence-electron chi connectivity index (χ4n) is 3.26. The van der Waals surface area contributed by atoms with Gasteiger partial charge in [0.15, 0.2) is 0 Å². The molecule has 0 aromatic heterocycles. The van der Waals surface area contributed by atoms with Gasteiger partial charge < -0.3 is 0 Å². The standard InChI is InChI=1S/C21H32O2/c1-3-5-6-7-8-9-10-11-12-13-18-21(17-4-2)19(22)15-14-16-20(21)23/h4H,2-3,5-11,14-18H2,1H3. The summed E-state index contributed by atoms with van der Waals surface area (Å²) in [5.41, 5.74) is -0.882. The van der Waals surface area contributed by atoms with Crippen LogP contribution in [0.4, 0.5) is 0 Å². The number of allylic oxidation sites excluding steroid dienone is 1. The lowest BCUT2D eigenvalue weighted by molar-refractivity contribution is -0.143. The molecule has 0 aromatic carbocycles. The molecule has 0 N–H and O–H groups in total. The number of rotatable bonds is 10. The van der Waals surface area contributed by atoms with Crippen molar-refractivity contribution in [2.24, 2.45) is 5.41 Å². The number of ketones is 2. The SMILES string of the molecule is C=CCC1(CC#CCCCCCCCCC)C(=O)CCCC1=O. The molecule has 2 nitrogen and oxygen atoms in total. The summed E-state index contributed by atoms with van der Waals surface area (Å²) >= 11 is 0. The summed E-state index contributed by atoms with van der Waals surface area (Å²) in [5, 5.41) is 0. The predicted octanol–water partition coefficient (Wildman–Crippen LogP) is 5.41. The number of unbranched alkanes of at least 4 members (excludes halogenated alkanes) is 7. The highest BCUT2D eigenvalue weighted by Gasteiger charge is 2.45. The van der Waals surface area contributed by atoms with E-state index in [4.69, 9.17) is 0 Å². The molecule has 1 aliphatic rings. The summed E-state index contributed by atoms with van der Waals surface area (Å²) in [6.45, 7) is 5.95. The van der Waals surface area contributed by atoms with E-state index in [1.54, 1.807) is 6.08 Å². The Balaban J connectivity index is 2.35. The van der Waals surface area contributed by atoms with E-state index in [1.807, 2.05) is 0 Å². The van der Waals surface area contributed by atoms with Crippen LogP contribution in [0.1, 0.15) is 90.4 Å². The van der Waals surface area contributed by atoms with Crippen molar-refractivity contribution in [3.63, 3.8) is 0 Å². The molecule has 0 bridgehead atoms. The van der Waals surface area contributed by atoms with E-state index < -0.39 is 5.41 Å². The van der Waals surface area contributed by atoms with Gasteiger partial charge in [-0.3, -0.25) is 9.59 Å². The predicted molar refractivity (Wildman–Crippen MR) is 96.1 cm³/mol. The fourth-order valence-corrected chi connectivity index (χ4v) is 3.26. The molecule has 0 aromatic rings. The summed E-state index contributed by atoms with van der Waals surface area (Å²) in [4.78, 5) is 24.5. The molecule has 0 heterocycles. The minimum absolute atomic E-state index is 0.0684. The maximum Gasteiger partial charge on any atom is 0.147 e. The first-order valence-electron chi connectivity index (χ1n) is 9.30. The minimum Gasteiger partial charge on any atom is -0.299 e. The molecule has 1 rings (SSSR count). The third kappa shape index (κ3) is 6.34. The molecule has 0 radical (unpaired) electrons. The van der Waals surface area contributed by atoms with E-state index >= 15 is 0 Å². The van der Waals surface area contributed by atoms with Gasteiger partial charge in [-0.15, -0.1) is 18.4 Å². The van der Waals surface area contributed by atoms with Gasteiger partial charge in [-0.25, -0.2) is 0 Å². The molecule has 0 aliphatic heterocycles. The Bertz CT molecular complexity index is 434. The van der Waals surface area contributed by atoms with E-state index in [0.29, 0.717) is 32.1 Å². The van der Waals surface area contributed by atoms with Crippen LogP contribution in [0.25, 0.3) is 0 Å². The molecule has 0 saturated heterocycles. The smallest absolute Gasteiger partial charge is 0.147 e. The molecule has 0 spiro atoms. The van der Waals surface area contributed by atoms with Crippen molar-refractivity contribution in [1.82, 2.24) is 0 Å². The zero-order valence-corrected chi connectivity index (χ0v) is 14.8. The quantitative estimate of drug-likeness (QED) is 0.234. The number of Topliss-reactive ketones (excluding diaryl/α,β-unsaturated/α-hetero) is 2. The monoisotopic (exact) mass is 316 g/mol. The van der Waals surface area contributed by atoms with Gasteiger partial charge >= 0.3 is 0 Å². The Morgan fingerprint density at radius 2 is 1.61 bits per heavy atom. The lowest BCUT2D eigenvalue weighted by atomic mass is 9.68. The zero-order chi connectivity index (χ0) is 17.0. The highest BCUT2D eigenvalue weighted by molar-refractivity contribution is 6.09. The van der Waals surface area contributed by atoms with E-state index in [2.05, 4.69) is 25.3 Å². The number of hydrogen-bond acceptors (Lipinski definition) is 2. The Morgan fingerprint density at radius 1 is 1.00 bits per heavy atom. The van der Waals surface area contributed by atoms with Gasteiger partial charge in [0, 0.05) is 25.7 Å². The Morgan fingerprint density at radius 3 is 2.22 bits per heavy atom. The zero-order valence-electron chi connectivity index (χ0n) is 14.8.